The van der Waals surface area contributed by atoms with Gasteiger partial charge in [-0.2, -0.15) is 0 Å². The van der Waals surface area contributed by atoms with Crippen LogP contribution < -0.4 is 10.6 Å². The molecule has 1 aromatic heterocycles. The lowest BCUT2D eigenvalue weighted by molar-refractivity contribution is -0.121. The number of aliphatic hydroxyl groups excluding tert-OH is 1. The van der Waals surface area contributed by atoms with Crippen LogP contribution in [0, 0.1) is 5.41 Å². The van der Waals surface area contributed by atoms with Crippen LogP contribution in [0.1, 0.15) is 43.7 Å². The highest BCUT2D eigenvalue weighted by Crippen LogP contribution is 2.17. The molecule has 0 unspecified atom stereocenters. The van der Waals surface area contributed by atoms with Crippen molar-refractivity contribution in [3.05, 3.63) is 24.2 Å². The molecule has 6 nitrogen and oxygen atoms in total. The monoisotopic (exact) mass is 296 g/mol. The summed E-state index contributed by atoms with van der Waals surface area (Å²) >= 11 is 0. The van der Waals surface area contributed by atoms with Gasteiger partial charge in [0.05, 0.1) is 6.26 Å². The molecule has 0 saturated heterocycles. The summed E-state index contributed by atoms with van der Waals surface area (Å²) in [4.78, 5) is 23.2. The summed E-state index contributed by atoms with van der Waals surface area (Å²) in [5, 5.41) is 14.4. The van der Waals surface area contributed by atoms with Gasteiger partial charge < -0.3 is 20.2 Å². The van der Waals surface area contributed by atoms with E-state index in [0.717, 1.165) is 0 Å². The standard InChI is InChI=1S/C15H24N2O4/c1-15(2,7-9-18)11-17-13(19)6-3-8-16-14(20)12-5-4-10-21-12/h4-5,10,18H,3,6-9,11H2,1-2H3,(H,16,20)(H,17,19). The molecular weight excluding hydrogens is 272 g/mol. The summed E-state index contributed by atoms with van der Waals surface area (Å²) in [7, 11) is 0. The molecule has 0 atom stereocenters. The Morgan fingerprint density at radius 2 is 2.10 bits per heavy atom. The number of nitrogens with one attached hydrogen (secondary N) is 2. The maximum atomic E-state index is 11.7. The van der Waals surface area contributed by atoms with Gasteiger partial charge in [0.15, 0.2) is 5.76 Å². The molecular formula is C15H24N2O4. The number of hydrogen-bond acceptors (Lipinski definition) is 4. The Morgan fingerprint density at radius 1 is 1.33 bits per heavy atom. The summed E-state index contributed by atoms with van der Waals surface area (Å²) in [6.45, 7) is 5.06. The van der Waals surface area contributed by atoms with Gasteiger partial charge in [-0.05, 0) is 30.4 Å². The minimum Gasteiger partial charge on any atom is -0.459 e. The number of carbonyl (C=O) groups is 2. The van der Waals surface area contributed by atoms with E-state index in [-0.39, 0.29) is 29.6 Å². The Bertz CT molecular complexity index is 441. The van der Waals surface area contributed by atoms with Gasteiger partial charge in [-0.1, -0.05) is 13.8 Å². The molecule has 21 heavy (non-hydrogen) atoms. The number of carbonyl (C=O) groups excluding carboxylic acids is 2. The molecule has 0 bridgehead atoms. The van der Waals surface area contributed by atoms with E-state index in [2.05, 4.69) is 10.6 Å². The summed E-state index contributed by atoms with van der Waals surface area (Å²) in [6, 6.07) is 3.24. The summed E-state index contributed by atoms with van der Waals surface area (Å²) in [5.74, 6) is -0.0528. The molecule has 0 aliphatic carbocycles. The fraction of sp³-hybridized carbons (Fsp3) is 0.600. The van der Waals surface area contributed by atoms with E-state index >= 15 is 0 Å². The van der Waals surface area contributed by atoms with Gasteiger partial charge in [0.1, 0.15) is 0 Å². The number of aliphatic hydroxyl groups is 1. The molecule has 0 aromatic carbocycles. The maximum Gasteiger partial charge on any atom is 0.286 e. The normalized spacial score (nSPS) is 11.2. The van der Waals surface area contributed by atoms with Crippen molar-refractivity contribution in [3.63, 3.8) is 0 Å². The molecule has 1 rings (SSSR count). The highest BCUT2D eigenvalue weighted by atomic mass is 16.3. The Kier molecular flexibility index (Phi) is 6.94. The Labute approximate surface area is 124 Å². The van der Waals surface area contributed by atoms with Crippen LogP contribution in [0.15, 0.2) is 22.8 Å². The SMILES string of the molecule is CC(C)(CCO)CNC(=O)CCCNC(=O)c1ccco1. The molecule has 0 saturated carbocycles. The lowest BCUT2D eigenvalue weighted by Gasteiger charge is -2.23. The fourth-order valence-electron chi connectivity index (χ4n) is 1.76. The topological polar surface area (TPSA) is 91.6 Å². The molecule has 118 valence electrons. The summed E-state index contributed by atoms with van der Waals surface area (Å²) in [5.41, 5.74) is -0.113. The van der Waals surface area contributed by atoms with Crippen LogP contribution in [-0.4, -0.2) is 36.6 Å². The minimum atomic E-state index is -0.274. The molecule has 0 spiro atoms. The van der Waals surface area contributed by atoms with Gasteiger partial charge in [-0.3, -0.25) is 9.59 Å². The van der Waals surface area contributed by atoms with E-state index in [4.69, 9.17) is 9.52 Å². The number of hydrogen-bond donors (Lipinski definition) is 3. The van der Waals surface area contributed by atoms with Crippen LogP contribution in [-0.2, 0) is 4.79 Å². The highest BCUT2D eigenvalue weighted by Gasteiger charge is 2.17. The van der Waals surface area contributed by atoms with Gasteiger partial charge in [0.25, 0.3) is 5.91 Å². The first-order valence-corrected chi connectivity index (χ1v) is 7.14. The molecule has 0 aliphatic heterocycles. The second kappa shape index (κ2) is 8.46. The lowest BCUT2D eigenvalue weighted by atomic mass is 9.90. The number of rotatable bonds is 9. The third-order valence-electron chi connectivity index (χ3n) is 3.16. The van der Waals surface area contributed by atoms with Gasteiger partial charge >= 0.3 is 0 Å². The Morgan fingerprint density at radius 3 is 2.71 bits per heavy atom. The zero-order valence-electron chi connectivity index (χ0n) is 12.6. The van der Waals surface area contributed by atoms with Gasteiger partial charge in [0, 0.05) is 26.1 Å². The molecule has 1 aromatic rings. The average Bonchev–Trinajstić information content (AvgIpc) is 2.95. The molecule has 0 aliphatic rings. The summed E-state index contributed by atoms with van der Waals surface area (Å²) in [6.07, 6.45) is 3.01. The third-order valence-corrected chi connectivity index (χ3v) is 3.16. The van der Waals surface area contributed by atoms with E-state index in [0.29, 0.717) is 32.4 Å². The van der Waals surface area contributed by atoms with Crippen molar-refractivity contribution in [3.8, 4) is 0 Å². The van der Waals surface area contributed by atoms with Crippen molar-refractivity contribution < 1.29 is 19.1 Å². The minimum absolute atomic E-state index is 0.0479. The van der Waals surface area contributed by atoms with Crippen molar-refractivity contribution in [1.82, 2.24) is 10.6 Å². The van der Waals surface area contributed by atoms with Gasteiger partial charge in [-0.15, -0.1) is 0 Å². The first kappa shape index (κ1) is 17.2. The van der Waals surface area contributed by atoms with Crippen LogP contribution in [0.4, 0.5) is 0 Å². The maximum absolute atomic E-state index is 11.7. The van der Waals surface area contributed by atoms with E-state index in [1.165, 1.54) is 6.26 Å². The van der Waals surface area contributed by atoms with Crippen LogP contribution in [0.2, 0.25) is 0 Å². The molecule has 2 amide bonds. The first-order valence-electron chi connectivity index (χ1n) is 7.14. The van der Waals surface area contributed by atoms with Gasteiger partial charge in [0.2, 0.25) is 5.91 Å². The highest BCUT2D eigenvalue weighted by molar-refractivity contribution is 5.91. The lowest BCUT2D eigenvalue weighted by Crippen LogP contribution is -2.35. The molecule has 1 heterocycles. The van der Waals surface area contributed by atoms with E-state index in [9.17, 15) is 9.59 Å². The largest absolute Gasteiger partial charge is 0.459 e. The molecule has 0 radical (unpaired) electrons. The van der Waals surface area contributed by atoms with Crippen molar-refractivity contribution in [2.45, 2.75) is 33.1 Å². The van der Waals surface area contributed by atoms with E-state index in [1.54, 1.807) is 12.1 Å². The quantitative estimate of drug-likeness (QED) is 0.599. The smallest absolute Gasteiger partial charge is 0.286 e. The van der Waals surface area contributed by atoms with Crippen LogP contribution >= 0.6 is 0 Å². The molecule has 0 fully saturated rings. The van der Waals surface area contributed by atoms with Crippen LogP contribution in [0.3, 0.4) is 0 Å². The third kappa shape index (κ3) is 6.94. The second-order valence-corrected chi connectivity index (χ2v) is 5.75. The van der Waals surface area contributed by atoms with E-state index in [1.807, 2.05) is 13.8 Å². The summed E-state index contributed by atoms with van der Waals surface area (Å²) < 4.78 is 4.96. The average molecular weight is 296 g/mol. The Balaban J connectivity index is 2.12. The fourth-order valence-corrected chi connectivity index (χ4v) is 1.76. The van der Waals surface area contributed by atoms with Crippen LogP contribution in [0.25, 0.3) is 0 Å². The van der Waals surface area contributed by atoms with Crippen molar-refractivity contribution in [2.24, 2.45) is 5.41 Å². The van der Waals surface area contributed by atoms with E-state index < -0.39 is 0 Å². The van der Waals surface area contributed by atoms with Gasteiger partial charge in [-0.25, -0.2) is 0 Å². The molecule has 3 N–H and O–H groups in total. The molecule has 6 heteroatoms. The van der Waals surface area contributed by atoms with Crippen molar-refractivity contribution >= 4 is 11.8 Å². The van der Waals surface area contributed by atoms with Crippen molar-refractivity contribution in [2.75, 3.05) is 19.7 Å². The Hall–Kier alpha value is -1.82. The number of furan rings is 1. The zero-order chi connectivity index (χ0) is 15.7. The first-order chi connectivity index (χ1) is 9.94. The van der Waals surface area contributed by atoms with Crippen LogP contribution in [0.5, 0.6) is 0 Å². The predicted molar refractivity (Wildman–Crippen MR) is 78.8 cm³/mol. The number of amides is 2. The zero-order valence-corrected chi connectivity index (χ0v) is 12.6. The second-order valence-electron chi connectivity index (χ2n) is 5.75. The predicted octanol–water partition coefficient (Wildman–Crippen LogP) is 1.31. The van der Waals surface area contributed by atoms with Crippen molar-refractivity contribution in [1.29, 1.82) is 0 Å².